The van der Waals surface area contributed by atoms with Crippen molar-refractivity contribution < 1.29 is 4.74 Å². The number of rotatable bonds is 5. The van der Waals surface area contributed by atoms with Gasteiger partial charge in [0.1, 0.15) is 5.75 Å². The highest BCUT2D eigenvalue weighted by Gasteiger charge is 2.11. The van der Waals surface area contributed by atoms with Gasteiger partial charge in [-0.1, -0.05) is 18.2 Å². The van der Waals surface area contributed by atoms with Gasteiger partial charge in [-0.2, -0.15) is 0 Å². The minimum atomic E-state index is 0.656. The summed E-state index contributed by atoms with van der Waals surface area (Å²) in [6.45, 7) is 7.82. The SMILES string of the molecule is CC1CCN(CCCOc2ccccc2)CCCN1. The molecule has 106 valence electrons. The van der Waals surface area contributed by atoms with E-state index in [9.17, 15) is 0 Å². The van der Waals surface area contributed by atoms with E-state index in [2.05, 4.69) is 17.1 Å². The fourth-order valence-electron chi connectivity index (χ4n) is 2.46. The molecule has 1 fully saturated rings. The van der Waals surface area contributed by atoms with Gasteiger partial charge in [0.15, 0.2) is 0 Å². The molecule has 1 saturated heterocycles. The van der Waals surface area contributed by atoms with Gasteiger partial charge in [-0.3, -0.25) is 0 Å². The molecule has 1 atom stereocenters. The summed E-state index contributed by atoms with van der Waals surface area (Å²) in [4.78, 5) is 2.58. The Morgan fingerprint density at radius 2 is 2.11 bits per heavy atom. The van der Waals surface area contributed by atoms with E-state index in [1.165, 1.54) is 25.9 Å². The van der Waals surface area contributed by atoms with Crippen LogP contribution in [-0.4, -0.2) is 43.7 Å². The number of para-hydroxylation sites is 1. The van der Waals surface area contributed by atoms with Crippen LogP contribution >= 0.6 is 0 Å². The first kappa shape index (κ1) is 14.4. The van der Waals surface area contributed by atoms with Gasteiger partial charge in [0.25, 0.3) is 0 Å². The van der Waals surface area contributed by atoms with Gasteiger partial charge < -0.3 is 15.0 Å². The van der Waals surface area contributed by atoms with E-state index in [4.69, 9.17) is 4.74 Å². The summed E-state index contributed by atoms with van der Waals surface area (Å²) in [5, 5.41) is 3.54. The van der Waals surface area contributed by atoms with E-state index in [-0.39, 0.29) is 0 Å². The van der Waals surface area contributed by atoms with E-state index < -0.39 is 0 Å². The van der Waals surface area contributed by atoms with Crippen LogP contribution in [0, 0.1) is 0 Å². The van der Waals surface area contributed by atoms with Crippen LogP contribution in [0.5, 0.6) is 5.75 Å². The van der Waals surface area contributed by atoms with E-state index in [0.29, 0.717) is 6.04 Å². The molecular formula is C16H26N2O. The van der Waals surface area contributed by atoms with Crippen molar-refractivity contribution in [2.24, 2.45) is 0 Å². The Bertz CT molecular complexity index is 342. The molecule has 0 saturated carbocycles. The highest BCUT2D eigenvalue weighted by molar-refractivity contribution is 5.20. The molecule has 3 nitrogen and oxygen atoms in total. The van der Waals surface area contributed by atoms with Gasteiger partial charge in [0.05, 0.1) is 6.61 Å². The lowest BCUT2D eigenvalue weighted by Gasteiger charge is -2.27. The summed E-state index contributed by atoms with van der Waals surface area (Å²) in [5.74, 6) is 0.980. The summed E-state index contributed by atoms with van der Waals surface area (Å²) in [7, 11) is 0. The quantitative estimate of drug-likeness (QED) is 0.825. The van der Waals surface area contributed by atoms with Gasteiger partial charge in [-0.15, -0.1) is 0 Å². The van der Waals surface area contributed by atoms with Crippen LogP contribution in [0.25, 0.3) is 0 Å². The Kier molecular flexibility index (Phi) is 6.18. The predicted molar refractivity (Wildman–Crippen MR) is 79.7 cm³/mol. The van der Waals surface area contributed by atoms with E-state index in [0.717, 1.165) is 31.9 Å². The fraction of sp³-hybridized carbons (Fsp3) is 0.625. The number of nitrogens with one attached hydrogen (secondary N) is 1. The second kappa shape index (κ2) is 8.18. The number of benzene rings is 1. The Hall–Kier alpha value is -1.06. The van der Waals surface area contributed by atoms with Crippen LogP contribution in [0.3, 0.4) is 0 Å². The first-order chi connectivity index (χ1) is 9.34. The largest absolute Gasteiger partial charge is 0.494 e. The van der Waals surface area contributed by atoms with Gasteiger partial charge in [-0.25, -0.2) is 0 Å². The Balaban J connectivity index is 1.61. The second-order valence-corrected chi connectivity index (χ2v) is 5.35. The molecule has 0 aromatic heterocycles. The predicted octanol–water partition coefficient (Wildman–Crippen LogP) is 2.53. The average Bonchev–Trinajstić information content (AvgIpc) is 2.43. The summed E-state index contributed by atoms with van der Waals surface area (Å²) >= 11 is 0. The third kappa shape index (κ3) is 5.62. The number of hydrogen-bond acceptors (Lipinski definition) is 3. The molecule has 1 aliphatic heterocycles. The topological polar surface area (TPSA) is 24.5 Å². The molecule has 1 N–H and O–H groups in total. The van der Waals surface area contributed by atoms with Crippen molar-refractivity contribution >= 4 is 0 Å². The van der Waals surface area contributed by atoms with Gasteiger partial charge in [0, 0.05) is 12.6 Å². The van der Waals surface area contributed by atoms with Crippen molar-refractivity contribution in [1.82, 2.24) is 10.2 Å². The zero-order chi connectivity index (χ0) is 13.3. The van der Waals surface area contributed by atoms with E-state index in [1.807, 2.05) is 30.3 Å². The minimum Gasteiger partial charge on any atom is -0.494 e. The van der Waals surface area contributed by atoms with Crippen LogP contribution in [0.4, 0.5) is 0 Å². The van der Waals surface area contributed by atoms with Crippen LogP contribution < -0.4 is 10.1 Å². The number of ether oxygens (including phenoxy) is 1. The zero-order valence-electron chi connectivity index (χ0n) is 12.0. The molecule has 0 bridgehead atoms. The molecule has 0 aliphatic carbocycles. The molecule has 0 radical (unpaired) electrons. The van der Waals surface area contributed by atoms with Crippen molar-refractivity contribution in [2.45, 2.75) is 32.2 Å². The monoisotopic (exact) mass is 262 g/mol. The number of hydrogen-bond donors (Lipinski definition) is 1. The molecule has 3 heteroatoms. The van der Waals surface area contributed by atoms with Gasteiger partial charge in [-0.05, 0) is 58.0 Å². The van der Waals surface area contributed by atoms with Crippen LogP contribution in [0.1, 0.15) is 26.2 Å². The normalized spacial score (nSPS) is 21.6. The molecule has 1 aromatic rings. The van der Waals surface area contributed by atoms with Gasteiger partial charge >= 0.3 is 0 Å². The third-order valence-corrected chi connectivity index (χ3v) is 3.65. The van der Waals surface area contributed by atoms with Crippen molar-refractivity contribution in [1.29, 1.82) is 0 Å². The third-order valence-electron chi connectivity index (χ3n) is 3.65. The first-order valence-corrected chi connectivity index (χ1v) is 7.48. The van der Waals surface area contributed by atoms with Crippen LogP contribution in [0.15, 0.2) is 30.3 Å². The lowest BCUT2D eigenvalue weighted by molar-refractivity contribution is 0.212. The maximum Gasteiger partial charge on any atom is 0.119 e. The molecule has 1 heterocycles. The molecule has 0 amide bonds. The Morgan fingerprint density at radius 1 is 1.26 bits per heavy atom. The lowest BCUT2D eigenvalue weighted by Crippen LogP contribution is -2.39. The van der Waals surface area contributed by atoms with Crippen LogP contribution in [0.2, 0.25) is 0 Å². The van der Waals surface area contributed by atoms with Crippen molar-refractivity contribution in [3.05, 3.63) is 30.3 Å². The molecule has 1 aromatic carbocycles. The molecule has 2 rings (SSSR count). The maximum absolute atomic E-state index is 5.74. The van der Waals surface area contributed by atoms with Crippen molar-refractivity contribution in [2.75, 3.05) is 32.8 Å². The summed E-state index contributed by atoms with van der Waals surface area (Å²) in [6.07, 6.45) is 3.61. The Morgan fingerprint density at radius 3 is 2.95 bits per heavy atom. The minimum absolute atomic E-state index is 0.656. The summed E-state index contributed by atoms with van der Waals surface area (Å²) in [6, 6.07) is 10.7. The first-order valence-electron chi connectivity index (χ1n) is 7.48. The van der Waals surface area contributed by atoms with Gasteiger partial charge in [0.2, 0.25) is 0 Å². The second-order valence-electron chi connectivity index (χ2n) is 5.35. The fourth-order valence-corrected chi connectivity index (χ4v) is 2.46. The lowest BCUT2D eigenvalue weighted by atomic mass is 10.2. The van der Waals surface area contributed by atoms with Crippen molar-refractivity contribution in [3.8, 4) is 5.75 Å². The summed E-state index contributed by atoms with van der Waals surface area (Å²) in [5.41, 5.74) is 0. The Labute approximate surface area is 116 Å². The zero-order valence-corrected chi connectivity index (χ0v) is 12.0. The smallest absolute Gasteiger partial charge is 0.119 e. The summed E-state index contributed by atoms with van der Waals surface area (Å²) < 4.78 is 5.74. The van der Waals surface area contributed by atoms with Crippen LogP contribution in [-0.2, 0) is 0 Å². The highest BCUT2D eigenvalue weighted by Crippen LogP contribution is 2.09. The van der Waals surface area contributed by atoms with E-state index in [1.54, 1.807) is 0 Å². The average molecular weight is 262 g/mol. The number of nitrogens with zero attached hydrogens (tertiary/aromatic N) is 1. The molecular weight excluding hydrogens is 236 g/mol. The highest BCUT2D eigenvalue weighted by atomic mass is 16.5. The van der Waals surface area contributed by atoms with Crippen molar-refractivity contribution in [3.63, 3.8) is 0 Å². The molecule has 1 aliphatic rings. The van der Waals surface area contributed by atoms with E-state index >= 15 is 0 Å². The standard InChI is InChI=1S/C16H26N2O/c1-15-9-13-18(11-5-10-17-15)12-6-14-19-16-7-3-2-4-8-16/h2-4,7-8,15,17H,5-6,9-14H2,1H3. The molecule has 0 spiro atoms. The molecule has 19 heavy (non-hydrogen) atoms. The maximum atomic E-state index is 5.74. The molecule has 1 unspecified atom stereocenters.